The Kier molecular flexibility index (Phi) is 33.3. The van der Waals surface area contributed by atoms with E-state index in [-0.39, 0.29) is 107 Å². The second kappa shape index (κ2) is 36.1. The number of hydrogen-bond donors (Lipinski definition) is 0. The fourth-order valence-electron chi connectivity index (χ4n) is 5.00. The highest BCUT2D eigenvalue weighted by molar-refractivity contribution is 5.91. The van der Waals surface area contributed by atoms with Crippen molar-refractivity contribution in [2.75, 3.05) is 53.1 Å². The average molecular weight is 847 g/mol. The molecule has 0 rings (SSSR count). The summed E-state index contributed by atoms with van der Waals surface area (Å²) in [4.78, 5) is 112. The quantitative estimate of drug-likeness (QED) is 0.0289. The number of rotatable bonds is 37. The van der Waals surface area contributed by atoms with Crippen molar-refractivity contribution in [2.24, 2.45) is 20.0 Å². The first-order valence-electron chi connectivity index (χ1n) is 21.3. The number of hydrogen-bond acceptors (Lipinski definition) is 16. The highest BCUT2D eigenvalue weighted by atomic mass is 16.6. The molecule has 0 atom stereocenters. The third kappa shape index (κ3) is 35.2. The average Bonchev–Trinajstić information content (AvgIpc) is 3.23. The number of unbranched alkanes of at least 4 members (excludes halogenated alkanes) is 2. The molecular weight excluding hydrogens is 776 g/mol. The molecule has 0 N–H and O–H groups in total. The van der Waals surface area contributed by atoms with Crippen molar-refractivity contribution in [1.29, 1.82) is 0 Å². The van der Waals surface area contributed by atoms with Crippen molar-refractivity contribution >= 4 is 69.9 Å². The zero-order chi connectivity index (χ0) is 45.0. The van der Waals surface area contributed by atoms with Crippen molar-refractivity contribution in [2.45, 2.75) is 157 Å². The van der Waals surface area contributed by atoms with E-state index in [9.17, 15) is 38.4 Å². The molecule has 0 radical (unpaired) electrons. The van der Waals surface area contributed by atoms with E-state index in [0.29, 0.717) is 107 Å². The second-order valence-corrected chi connectivity index (χ2v) is 14.6. The van der Waals surface area contributed by atoms with E-state index in [4.69, 9.17) is 18.9 Å². The lowest BCUT2D eigenvalue weighted by Gasteiger charge is -2.07. The molecule has 0 spiro atoms. The van der Waals surface area contributed by atoms with E-state index < -0.39 is 17.9 Å². The number of carbonyl (C=O) groups excluding carboxylic acids is 8. The van der Waals surface area contributed by atoms with Crippen molar-refractivity contribution in [1.82, 2.24) is 0 Å². The molecule has 0 aromatic rings. The number of Topliss-reactive ketones (excluding diaryl/α,β-unsaturated/α-hetero) is 4. The molecule has 0 saturated heterocycles. The maximum atomic E-state index is 12.3. The minimum Gasteiger partial charge on any atom is -0.466 e. The van der Waals surface area contributed by atoms with E-state index in [1.807, 2.05) is 13.8 Å². The minimum atomic E-state index is -0.419. The van der Waals surface area contributed by atoms with Crippen LogP contribution in [0.3, 0.4) is 0 Å². The molecule has 0 aliphatic heterocycles. The molecule has 60 heavy (non-hydrogen) atoms. The topological polar surface area (TPSA) is 223 Å². The maximum absolute atomic E-state index is 12.3. The second-order valence-electron chi connectivity index (χ2n) is 14.6. The van der Waals surface area contributed by atoms with Gasteiger partial charge in [0.15, 0.2) is 17.3 Å². The van der Waals surface area contributed by atoms with Gasteiger partial charge in [0.05, 0.1) is 71.7 Å². The van der Waals surface area contributed by atoms with Gasteiger partial charge in [-0.3, -0.25) is 58.3 Å². The Morgan fingerprint density at radius 3 is 0.883 bits per heavy atom. The molecule has 0 aliphatic carbocycles. The number of ketones is 4. The van der Waals surface area contributed by atoms with Gasteiger partial charge in [0.1, 0.15) is 5.78 Å². The lowest BCUT2D eigenvalue weighted by atomic mass is 10.1. The Bertz CT molecular complexity index is 1500. The standard InChI is InChI=1S/C44H70N4O12/c1-7-37(49)14-8-9-15-38(50)30-46-34(3)19-23-43(55)59-28-13-29-60-44(56)25-21-36(5)48-32-40(52)17-11-10-16-39(51)31-47-35(4)20-24-42(54)58-27-12-26-57-41(53)22-18-33(2)45-6/h7-32H2,1-6H3. The fourth-order valence-corrected chi connectivity index (χ4v) is 5.00. The summed E-state index contributed by atoms with van der Waals surface area (Å²) in [6.45, 7) is 9.51. The molecule has 0 amide bonds. The van der Waals surface area contributed by atoms with E-state index in [0.717, 1.165) is 5.71 Å². The van der Waals surface area contributed by atoms with Gasteiger partial charge in [-0.1, -0.05) is 6.92 Å². The van der Waals surface area contributed by atoms with Gasteiger partial charge >= 0.3 is 23.9 Å². The molecule has 0 bridgehead atoms. The molecule has 0 fully saturated rings. The third-order valence-electron chi connectivity index (χ3n) is 9.07. The van der Waals surface area contributed by atoms with Gasteiger partial charge < -0.3 is 18.9 Å². The summed E-state index contributed by atoms with van der Waals surface area (Å²) in [5.74, 6) is -1.44. The van der Waals surface area contributed by atoms with Gasteiger partial charge in [-0.2, -0.15) is 0 Å². The molecule has 16 heteroatoms. The maximum Gasteiger partial charge on any atom is 0.306 e. The molecule has 0 aliphatic rings. The summed E-state index contributed by atoms with van der Waals surface area (Å²) in [6, 6.07) is 0. The van der Waals surface area contributed by atoms with Crippen LogP contribution in [0.25, 0.3) is 0 Å². The van der Waals surface area contributed by atoms with E-state index >= 15 is 0 Å². The highest BCUT2D eigenvalue weighted by Gasteiger charge is 2.11. The third-order valence-corrected chi connectivity index (χ3v) is 9.07. The Labute approximate surface area is 356 Å². The van der Waals surface area contributed by atoms with Crippen LogP contribution in [-0.2, 0) is 57.3 Å². The Morgan fingerprint density at radius 2 is 0.617 bits per heavy atom. The minimum absolute atomic E-state index is 0.00128. The molecule has 0 aromatic carbocycles. The SMILES string of the molecule is CCC(=O)CCCCC(=O)CN=C(C)CCC(=O)OCCCOC(=O)CCC(C)=NCC(=O)CCCCC(=O)CN=C(C)CCC(=O)OCCCOC(=O)CCC(C)=NC. The van der Waals surface area contributed by atoms with Crippen molar-refractivity contribution < 1.29 is 57.3 Å². The van der Waals surface area contributed by atoms with E-state index in [1.165, 1.54) is 0 Å². The first-order chi connectivity index (χ1) is 28.6. The lowest BCUT2D eigenvalue weighted by molar-refractivity contribution is -0.147. The Balaban J connectivity index is 3.96. The highest BCUT2D eigenvalue weighted by Crippen LogP contribution is 2.07. The number of aliphatic imine (C=N–C) groups is 4. The van der Waals surface area contributed by atoms with Crippen LogP contribution < -0.4 is 0 Å². The smallest absolute Gasteiger partial charge is 0.306 e. The summed E-state index contributed by atoms with van der Waals surface area (Å²) in [6.07, 6.45) is 7.47. The van der Waals surface area contributed by atoms with Gasteiger partial charge in [0.2, 0.25) is 0 Å². The van der Waals surface area contributed by atoms with Crippen LogP contribution in [0.5, 0.6) is 0 Å². The van der Waals surface area contributed by atoms with Gasteiger partial charge in [0, 0.05) is 74.8 Å². The van der Waals surface area contributed by atoms with Crippen LogP contribution in [0.1, 0.15) is 157 Å². The zero-order valence-corrected chi connectivity index (χ0v) is 37.1. The van der Waals surface area contributed by atoms with Crippen LogP contribution in [0, 0.1) is 0 Å². The fraction of sp³-hybridized carbons (Fsp3) is 0.727. The van der Waals surface area contributed by atoms with E-state index in [2.05, 4.69) is 20.0 Å². The summed E-state index contributed by atoms with van der Waals surface area (Å²) in [7, 11) is 1.67. The van der Waals surface area contributed by atoms with Crippen LogP contribution in [-0.4, -0.2) is 123 Å². The monoisotopic (exact) mass is 846 g/mol. The van der Waals surface area contributed by atoms with E-state index in [1.54, 1.807) is 27.8 Å². The molecular formula is C44H70N4O12. The van der Waals surface area contributed by atoms with Gasteiger partial charge in [-0.15, -0.1) is 0 Å². The van der Waals surface area contributed by atoms with Gasteiger partial charge in [-0.05, 0) is 79.1 Å². The largest absolute Gasteiger partial charge is 0.466 e. The van der Waals surface area contributed by atoms with Crippen LogP contribution in [0.2, 0.25) is 0 Å². The normalized spacial score (nSPS) is 12.2. The predicted molar refractivity (Wildman–Crippen MR) is 230 cm³/mol. The predicted octanol–water partition coefficient (Wildman–Crippen LogP) is 6.34. The van der Waals surface area contributed by atoms with Crippen LogP contribution in [0.4, 0.5) is 0 Å². The van der Waals surface area contributed by atoms with Crippen molar-refractivity contribution in [3.05, 3.63) is 0 Å². The molecule has 16 nitrogen and oxygen atoms in total. The van der Waals surface area contributed by atoms with Gasteiger partial charge in [-0.25, -0.2) is 0 Å². The summed E-state index contributed by atoms with van der Waals surface area (Å²) in [5.41, 5.74) is 2.87. The summed E-state index contributed by atoms with van der Waals surface area (Å²) in [5, 5.41) is 0. The van der Waals surface area contributed by atoms with Crippen LogP contribution in [0.15, 0.2) is 20.0 Å². The molecule has 0 saturated carbocycles. The molecule has 0 aromatic heterocycles. The van der Waals surface area contributed by atoms with Gasteiger partial charge in [0.25, 0.3) is 0 Å². The number of ether oxygens (including phenoxy) is 4. The van der Waals surface area contributed by atoms with Crippen molar-refractivity contribution in [3.63, 3.8) is 0 Å². The molecule has 0 unspecified atom stereocenters. The number of nitrogens with zero attached hydrogens (tertiary/aromatic N) is 4. The first kappa shape index (κ1) is 55.2. The molecule has 338 valence electrons. The molecule has 0 heterocycles. The number of carbonyl (C=O) groups is 8. The summed E-state index contributed by atoms with van der Waals surface area (Å²) < 4.78 is 20.6. The summed E-state index contributed by atoms with van der Waals surface area (Å²) >= 11 is 0. The Morgan fingerprint density at radius 1 is 0.350 bits per heavy atom. The van der Waals surface area contributed by atoms with Crippen LogP contribution >= 0.6 is 0 Å². The van der Waals surface area contributed by atoms with Crippen molar-refractivity contribution in [3.8, 4) is 0 Å². The lowest BCUT2D eigenvalue weighted by Crippen LogP contribution is -2.12. The zero-order valence-electron chi connectivity index (χ0n) is 37.1. The Hall–Kier alpha value is -4.76. The first-order valence-corrected chi connectivity index (χ1v) is 21.3. The number of esters is 4.